The van der Waals surface area contributed by atoms with Gasteiger partial charge in [0, 0.05) is 4.47 Å². The first-order valence-electron chi connectivity index (χ1n) is 4.06. The van der Waals surface area contributed by atoms with Crippen LogP contribution in [0, 0.1) is 11.3 Å². The van der Waals surface area contributed by atoms with Gasteiger partial charge >= 0.3 is 5.97 Å². The molecule has 0 radical (unpaired) electrons. The molecular formula is C10H8BrNO3. The van der Waals surface area contributed by atoms with Gasteiger partial charge in [-0.2, -0.15) is 5.26 Å². The van der Waals surface area contributed by atoms with Crippen molar-refractivity contribution in [2.75, 3.05) is 7.11 Å². The summed E-state index contributed by atoms with van der Waals surface area (Å²) < 4.78 is 5.54. The maximum absolute atomic E-state index is 10.5. The highest BCUT2D eigenvalue weighted by Gasteiger charge is 2.11. The Hall–Kier alpha value is -1.54. The Kier molecular flexibility index (Phi) is 3.69. The van der Waals surface area contributed by atoms with Crippen LogP contribution in [0.3, 0.4) is 0 Å². The lowest BCUT2D eigenvalue weighted by Crippen LogP contribution is -2.01. The number of hydrogen-bond acceptors (Lipinski definition) is 3. The average molecular weight is 270 g/mol. The van der Waals surface area contributed by atoms with Crippen LogP contribution in [0.4, 0.5) is 0 Å². The Morgan fingerprint density at radius 1 is 1.67 bits per heavy atom. The fourth-order valence-electron chi connectivity index (χ4n) is 1.18. The van der Waals surface area contributed by atoms with Gasteiger partial charge in [-0.05, 0) is 33.6 Å². The van der Waals surface area contributed by atoms with E-state index < -0.39 is 5.97 Å². The molecule has 0 aliphatic rings. The zero-order valence-corrected chi connectivity index (χ0v) is 9.54. The number of benzene rings is 1. The quantitative estimate of drug-likeness (QED) is 0.911. The monoisotopic (exact) mass is 269 g/mol. The maximum Gasteiger partial charge on any atom is 0.307 e. The van der Waals surface area contributed by atoms with Gasteiger partial charge in [0.05, 0.1) is 13.5 Å². The summed E-state index contributed by atoms with van der Waals surface area (Å²) in [6.45, 7) is 0. The summed E-state index contributed by atoms with van der Waals surface area (Å²) in [5, 5.41) is 17.5. The third-order valence-corrected chi connectivity index (χ3v) is 2.43. The molecule has 5 heteroatoms. The van der Waals surface area contributed by atoms with Crippen LogP contribution in [-0.4, -0.2) is 18.2 Å². The highest BCUT2D eigenvalue weighted by atomic mass is 79.9. The van der Waals surface area contributed by atoms with E-state index in [0.29, 0.717) is 21.3 Å². The molecule has 1 aromatic rings. The van der Waals surface area contributed by atoms with Gasteiger partial charge in [0.2, 0.25) is 0 Å². The summed E-state index contributed by atoms with van der Waals surface area (Å²) in [4.78, 5) is 10.5. The van der Waals surface area contributed by atoms with Crippen molar-refractivity contribution in [2.45, 2.75) is 6.42 Å². The zero-order valence-electron chi connectivity index (χ0n) is 7.95. The van der Waals surface area contributed by atoms with E-state index in [1.807, 2.05) is 6.07 Å². The summed E-state index contributed by atoms with van der Waals surface area (Å²) in [6, 6.07) is 5.14. The molecule has 0 atom stereocenters. The number of carboxylic acid groups (broad SMARTS) is 1. The first-order valence-corrected chi connectivity index (χ1v) is 4.86. The fourth-order valence-corrected chi connectivity index (χ4v) is 1.76. The molecular weight excluding hydrogens is 262 g/mol. The molecule has 0 bridgehead atoms. The molecule has 0 fully saturated rings. The van der Waals surface area contributed by atoms with E-state index in [1.54, 1.807) is 12.1 Å². The molecule has 1 aromatic carbocycles. The number of rotatable bonds is 3. The van der Waals surface area contributed by atoms with E-state index in [0.717, 1.165) is 0 Å². The fraction of sp³-hybridized carbons (Fsp3) is 0.200. The maximum atomic E-state index is 10.5. The van der Waals surface area contributed by atoms with Gasteiger partial charge in [0.25, 0.3) is 0 Å². The lowest BCUT2D eigenvalue weighted by Gasteiger charge is -2.06. The average Bonchev–Trinajstić information content (AvgIpc) is 2.15. The van der Waals surface area contributed by atoms with Crippen molar-refractivity contribution in [2.24, 2.45) is 0 Å². The molecule has 1 N–H and O–H groups in total. The molecule has 0 unspecified atom stereocenters. The highest BCUT2D eigenvalue weighted by molar-refractivity contribution is 9.10. The number of carbonyl (C=O) groups is 1. The van der Waals surface area contributed by atoms with Crippen molar-refractivity contribution >= 4 is 21.9 Å². The van der Waals surface area contributed by atoms with E-state index in [1.165, 1.54) is 7.11 Å². The molecule has 0 saturated heterocycles. The number of aliphatic carboxylic acids is 1. The molecule has 0 aliphatic carbocycles. The van der Waals surface area contributed by atoms with Crippen molar-refractivity contribution < 1.29 is 14.6 Å². The van der Waals surface area contributed by atoms with Crippen LogP contribution >= 0.6 is 15.9 Å². The van der Waals surface area contributed by atoms with Gasteiger partial charge < -0.3 is 9.84 Å². The van der Waals surface area contributed by atoms with Gasteiger partial charge in [-0.15, -0.1) is 0 Å². The van der Waals surface area contributed by atoms with Crippen LogP contribution in [0.15, 0.2) is 16.6 Å². The van der Waals surface area contributed by atoms with Gasteiger partial charge in [0.1, 0.15) is 17.4 Å². The molecule has 15 heavy (non-hydrogen) atoms. The predicted molar refractivity (Wildman–Crippen MR) is 56.7 cm³/mol. The molecule has 0 spiro atoms. The summed E-state index contributed by atoms with van der Waals surface area (Å²) in [5.74, 6) is -0.545. The highest BCUT2D eigenvalue weighted by Crippen LogP contribution is 2.28. The van der Waals surface area contributed by atoms with Crippen molar-refractivity contribution in [3.05, 3.63) is 27.7 Å². The van der Waals surface area contributed by atoms with Crippen LogP contribution in [0.2, 0.25) is 0 Å². The van der Waals surface area contributed by atoms with Crippen LogP contribution in [-0.2, 0) is 11.2 Å². The van der Waals surface area contributed by atoms with Gasteiger partial charge in [-0.3, -0.25) is 4.79 Å². The number of ether oxygens (including phenoxy) is 1. The van der Waals surface area contributed by atoms with E-state index in [9.17, 15) is 4.79 Å². The van der Waals surface area contributed by atoms with E-state index in [4.69, 9.17) is 15.1 Å². The largest absolute Gasteiger partial charge is 0.495 e. The van der Waals surface area contributed by atoms with Crippen LogP contribution < -0.4 is 4.74 Å². The predicted octanol–water partition coefficient (Wildman–Crippen LogP) is 1.96. The lowest BCUT2D eigenvalue weighted by molar-refractivity contribution is -0.136. The Balaban J connectivity index is 3.21. The summed E-state index contributed by atoms with van der Waals surface area (Å²) in [6.07, 6.45) is -0.0966. The number of nitrogens with zero attached hydrogens (tertiary/aromatic N) is 1. The number of halogens is 1. The SMILES string of the molecule is COc1cc(CC(=O)O)cc(Br)c1C#N. The normalized spacial score (nSPS) is 9.40. The minimum absolute atomic E-state index is 0.0966. The Bertz CT molecular complexity index is 437. The number of carboxylic acids is 1. The summed E-state index contributed by atoms with van der Waals surface area (Å²) >= 11 is 3.19. The molecule has 0 heterocycles. The zero-order chi connectivity index (χ0) is 11.4. The minimum atomic E-state index is -0.923. The van der Waals surface area contributed by atoms with Crippen molar-refractivity contribution in [1.29, 1.82) is 5.26 Å². The first kappa shape index (κ1) is 11.5. The molecule has 0 aromatic heterocycles. The first-order chi connectivity index (χ1) is 7.08. The Labute approximate surface area is 95.2 Å². The van der Waals surface area contributed by atoms with Crippen molar-refractivity contribution in [3.8, 4) is 11.8 Å². The second kappa shape index (κ2) is 4.80. The van der Waals surface area contributed by atoms with Gasteiger partial charge in [0.15, 0.2) is 0 Å². The minimum Gasteiger partial charge on any atom is -0.495 e. The topological polar surface area (TPSA) is 70.3 Å². The van der Waals surface area contributed by atoms with E-state index in [2.05, 4.69) is 15.9 Å². The summed E-state index contributed by atoms with van der Waals surface area (Å²) in [5.41, 5.74) is 0.955. The third kappa shape index (κ3) is 2.70. The lowest BCUT2D eigenvalue weighted by atomic mass is 10.1. The smallest absolute Gasteiger partial charge is 0.307 e. The molecule has 0 amide bonds. The second-order valence-corrected chi connectivity index (χ2v) is 3.69. The Morgan fingerprint density at radius 3 is 2.80 bits per heavy atom. The van der Waals surface area contributed by atoms with E-state index in [-0.39, 0.29) is 6.42 Å². The van der Waals surface area contributed by atoms with Crippen LogP contribution in [0.5, 0.6) is 5.75 Å². The molecule has 1 rings (SSSR count). The van der Waals surface area contributed by atoms with Crippen molar-refractivity contribution in [3.63, 3.8) is 0 Å². The second-order valence-electron chi connectivity index (χ2n) is 2.84. The molecule has 78 valence electrons. The number of nitriles is 1. The van der Waals surface area contributed by atoms with Crippen LogP contribution in [0.25, 0.3) is 0 Å². The van der Waals surface area contributed by atoms with Crippen LogP contribution in [0.1, 0.15) is 11.1 Å². The summed E-state index contributed by atoms with van der Waals surface area (Å²) in [7, 11) is 1.44. The standard InChI is InChI=1S/C10H8BrNO3/c1-15-9-3-6(4-10(13)14)2-8(11)7(9)5-12/h2-3H,4H2,1H3,(H,13,14). The molecule has 0 saturated carbocycles. The number of methoxy groups -OCH3 is 1. The number of hydrogen-bond donors (Lipinski definition) is 1. The van der Waals surface area contributed by atoms with Crippen molar-refractivity contribution in [1.82, 2.24) is 0 Å². The molecule has 0 aliphatic heterocycles. The van der Waals surface area contributed by atoms with Gasteiger partial charge in [-0.1, -0.05) is 0 Å². The van der Waals surface area contributed by atoms with E-state index >= 15 is 0 Å². The third-order valence-electron chi connectivity index (χ3n) is 1.80. The molecule has 4 nitrogen and oxygen atoms in total. The van der Waals surface area contributed by atoms with Gasteiger partial charge in [-0.25, -0.2) is 0 Å². The Morgan fingerprint density at radius 2 is 2.33 bits per heavy atom.